The molecule has 0 spiro atoms. The monoisotopic (exact) mass is 310 g/mol. The fraction of sp³-hybridized carbons (Fsp3) is 0.667. The van der Waals surface area contributed by atoms with E-state index in [9.17, 15) is 4.79 Å². The molecule has 2 aliphatic rings. The van der Waals surface area contributed by atoms with Gasteiger partial charge in [0, 0.05) is 30.9 Å². The molecule has 2 saturated heterocycles. The van der Waals surface area contributed by atoms with Crippen LogP contribution in [0.5, 0.6) is 0 Å². The van der Waals surface area contributed by atoms with Crippen LogP contribution in [0, 0.1) is 0 Å². The lowest BCUT2D eigenvalue weighted by molar-refractivity contribution is -0.142. The zero-order valence-corrected chi connectivity index (χ0v) is 13.1. The summed E-state index contributed by atoms with van der Waals surface area (Å²) in [6.45, 7) is 6.16. The van der Waals surface area contributed by atoms with Crippen LogP contribution in [0.4, 0.5) is 0 Å². The van der Waals surface area contributed by atoms with E-state index in [0.29, 0.717) is 6.04 Å². The molecule has 3 unspecified atom stereocenters. The predicted molar refractivity (Wildman–Crippen MR) is 81.4 cm³/mol. The van der Waals surface area contributed by atoms with Crippen molar-refractivity contribution in [2.75, 3.05) is 32.8 Å². The topological polar surface area (TPSA) is 50.8 Å². The Morgan fingerprint density at radius 3 is 2.90 bits per heavy atom. The van der Waals surface area contributed by atoms with Gasteiger partial charge in [-0.2, -0.15) is 0 Å². The molecule has 1 aromatic rings. The summed E-state index contributed by atoms with van der Waals surface area (Å²) in [5, 5.41) is 5.50. The van der Waals surface area contributed by atoms with Gasteiger partial charge in [0.1, 0.15) is 12.1 Å². The molecule has 5 nitrogen and oxygen atoms in total. The van der Waals surface area contributed by atoms with Gasteiger partial charge in [-0.25, -0.2) is 0 Å². The molecule has 21 heavy (non-hydrogen) atoms. The maximum atomic E-state index is 11.7. The molecule has 0 aromatic carbocycles. The highest BCUT2D eigenvalue weighted by molar-refractivity contribution is 7.10. The zero-order valence-electron chi connectivity index (χ0n) is 12.3. The SMILES string of the molecule is CC1CC(NCC(c2cccs2)N2CCOCC2)C(=O)O1. The summed E-state index contributed by atoms with van der Waals surface area (Å²) in [5.74, 6) is -0.116. The Balaban J connectivity index is 1.63. The smallest absolute Gasteiger partial charge is 0.323 e. The lowest BCUT2D eigenvalue weighted by Gasteiger charge is -2.34. The van der Waals surface area contributed by atoms with Crippen molar-refractivity contribution in [3.8, 4) is 0 Å². The quantitative estimate of drug-likeness (QED) is 0.834. The summed E-state index contributed by atoms with van der Waals surface area (Å²) in [6, 6.07) is 4.39. The van der Waals surface area contributed by atoms with Crippen LogP contribution >= 0.6 is 11.3 Å². The molecule has 0 saturated carbocycles. The van der Waals surface area contributed by atoms with Gasteiger partial charge in [0.05, 0.1) is 19.3 Å². The number of nitrogens with zero attached hydrogens (tertiary/aromatic N) is 1. The summed E-state index contributed by atoms with van der Waals surface area (Å²) in [7, 11) is 0. The molecule has 0 radical (unpaired) electrons. The Labute approximate surface area is 129 Å². The maximum absolute atomic E-state index is 11.7. The van der Waals surface area contributed by atoms with Gasteiger partial charge >= 0.3 is 5.97 Å². The van der Waals surface area contributed by atoms with E-state index in [1.165, 1.54) is 4.88 Å². The van der Waals surface area contributed by atoms with Crippen molar-refractivity contribution < 1.29 is 14.3 Å². The number of carbonyl (C=O) groups excluding carboxylic acids is 1. The van der Waals surface area contributed by atoms with Crippen molar-refractivity contribution in [3.05, 3.63) is 22.4 Å². The summed E-state index contributed by atoms with van der Waals surface area (Å²) in [6.07, 6.45) is 0.789. The van der Waals surface area contributed by atoms with Gasteiger partial charge in [-0.1, -0.05) is 6.07 Å². The van der Waals surface area contributed by atoms with Crippen molar-refractivity contribution in [3.63, 3.8) is 0 Å². The number of hydrogen-bond donors (Lipinski definition) is 1. The van der Waals surface area contributed by atoms with Crippen LogP contribution in [0.25, 0.3) is 0 Å². The molecule has 3 rings (SSSR count). The molecule has 2 fully saturated rings. The first-order valence-electron chi connectivity index (χ1n) is 7.53. The second kappa shape index (κ2) is 6.87. The molecular weight excluding hydrogens is 288 g/mol. The minimum absolute atomic E-state index is 0.0265. The first kappa shape index (κ1) is 15.0. The molecule has 3 heterocycles. The molecule has 0 aliphatic carbocycles. The molecule has 116 valence electrons. The van der Waals surface area contributed by atoms with Crippen molar-refractivity contribution >= 4 is 17.3 Å². The van der Waals surface area contributed by atoms with Gasteiger partial charge in [-0.05, 0) is 18.4 Å². The zero-order chi connectivity index (χ0) is 14.7. The average Bonchev–Trinajstić information content (AvgIpc) is 3.11. The van der Waals surface area contributed by atoms with Crippen LogP contribution in [-0.2, 0) is 14.3 Å². The van der Waals surface area contributed by atoms with Crippen LogP contribution in [-0.4, -0.2) is 55.9 Å². The Kier molecular flexibility index (Phi) is 4.90. The number of ether oxygens (including phenoxy) is 2. The molecule has 0 bridgehead atoms. The molecule has 3 atom stereocenters. The lowest BCUT2D eigenvalue weighted by atomic mass is 10.1. The van der Waals surface area contributed by atoms with Crippen molar-refractivity contribution in [2.24, 2.45) is 0 Å². The number of hydrogen-bond acceptors (Lipinski definition) is 6. The summed E-state index contributed by atoms with van der Waals surface area (Å²) in [5.41, 5.74) is 0. The second-order valence-corrected chi connectivity index (χ2v) is 6.60. The van der Waals surface area contributed by atoms with Gasteiger partial charge in [0.25, 0.3) is 0 Å². The van der Waals surface area contributed by atoms with Gasteiger partial charge in [-0.3, -0.25) is 9.69 Å². The highest BCUT2D eigenvalue weighted by Gasteiger charge is 2.33. The number of nitrogens with one attached hydrogen (secondary N) is 1. The first-order valence-corrected chi connectivity index (χ1v) is 8.41. The highest BCUT2D eigenvalue weighted by Crippen LogP contribution is 2.26. The van der Waals surface area contributed by atoms with Crippen LogP contribution < -0.4 is 5.32 Å². The van der Waals surface area contributed by atoms with Crippen molar-refractivity contribution in [2.45, 2.75) is 31.5 Å². The van der Waals surface area contributed by atoms with Crippen LogP contribution in [0.2, 0.25) is 0 Å². The third-order valence-electron chi connectivity index (χ3n) is 4.09. The standard InChI is InChI=1S/C15H22N2O3S/c1-11-9-12(15(18)20-11)16-10-13(14-3-2-8-21-14)17-4-6-19-7-5-17/h2-3,8,11-13,16H,4-7,9-10H2,1H3. The third kappa shape index (κ3) is 3.63. The maximum Gasteiger partial charge on any atom is 0.323 e. The number of rotatable bonds is 5. The largest absolute Gasteiger partial charge is 0.461 e. The van der Waals surface area contributed by atoms with Crippen LogP contribution in [0.3, 0.4) is 0 Å². The van der Waals surface area contributed by atoms with Crippen LogP contribution in [0.15, 0.2) is 17.5 Å². The van der Waals surface area contributed by atoms with Gasteiger partial charge in [0.2, 0.25) is 0 Å². The Morgan fingerprint density at radius 2 is 2.29 bits per heavy atom. The number of morpholine rings is 1. The number of carbonyl (C=O) groups is 1. The Bertz CT molecular complexity index is 459. The van der Waals surface area contributed by atoms with Gasteiger partial charge in [-0.15, -0.1) is 11.3 Å². The number of cyclic esters (lactones) is 1. The number of esters is 1. The van der Waals surface area contributed by atoms with Gasteiger partial charge < -0.3 is 14.8 Å². The van der Waals surface area contributed by atoms with E-state index in [0.717, 1.165) is 39.3 Å². The lowest BCUT2D eigenvalue weighted by Crippen LogP contribution is -2.45. The molecule has 0 amide bonds. The predicted octanol–water partition coefficient (Wildman–Crippen LogP) is 1.42. The average molecular weight is 310 g/mol. The van der Waals surface area contributed by atoms with E-state index in [-0.39, 0.29) is 18.1 Å². The third-order valence-corrected chi connectivity index (χ3v) is 5.06. The van der Waals surface area contributed by atoms with E-state index in [2.05, 4.69) is 27.7 Å². The first-order chi connectivity index (χ1) is 10.2. The molecular formula is C15H22N2O3S. The fourth-order valence-corrected chi connectivity index (χ4v) is 3.82. The normalized spacial score (nSPS) is 28.5. The fourth-order valence-electron chi connectivity index (χ4n) is 2.96. The van der Waals surface area contributed by atoms with Crippen molar-refractivity contribution in [1.29, 1.82) is 0 Å². The molecule has 6 heteroatoms. The minimum atomic E-state index is -0.163. The highest BCUT2D eigenvalue weighted by atomic mass is 32.1. The van der Waals surface area contributed by atoms with E-state index in [1.54, 1.807) is 11.3 Å². The molecule has 2 aliphatic heterocycles. The van der Waals surface area contributed by atoms with E-state index in [4.69, 9.17) is 9.47 Å². The minimum Gasteiger partial charge on any atom is -0.461 e. The van der Waals surface area contributed by atoms with Crippen molar-refractivity contribution in [1.82, 2.24) is 10.2 Å². The van der Waals surface area contributed by atoms with Gasteiger partial charge in [0.15, 0.2) is 0 Å². The summed E-state index contributed by atoms with van der Waals surface area (Å²) >= 11 is 1.77. The summed E-state index contributed by atoms with van der Waals surface area (Å²) in [4.78, 5) is 15.5. The number of thiophene rings is 1. The van der Waals surface area contributed by atoms with E-state index < -0.39 is 0 Å². The van der Waals surface area contributed by atoms with Crippen LogP contribution in [0.1, 0.15) is 24.3 Å². The molecule has 1 aromatic heterocycles. The molecule has 1 N–H and O–H groups in total. The summed E-state index contributed by atoms with van der Waals surface area (Å²) < 4.78 is 10.7. The van der Waals surface area contributed by atoms with E-state index in [1.807, 2.05) is 6.92 Å². The second-order valence-electron chi connectivity index (χ2n) is 5.62. The van der Waals surface area contributed by atoms with E-state index >= 15 is 0 Å². The Morgan fingerprint density at radius 1 is 1.48 bits per heavy atom. The Hall–Kier alpha value is -0.950.